The third-order valence-corrected chi connectivity index (χ3v) is 1.74. The molecule has 1 aliphatic heterocycles. The Morgan fingerprint density at radius 2 is 2.31 bits per heavy atom. The van der Waals surface area contributed by atoms with E-state index in [-0.39, 0.29) is 5.91 Å². The zero-order chi connectivity index (χ0) is 10.3. The van der Waals surface area contributed by atoms with Gasteiger partial charge in [-0.2, -0.15) is 0 Å². The van der Waals surface area contributed by atoms with E-state index in [1.54, 1.807) is 11.9 Å². The van der Waals surface area contributed by atoms with E-state index in [4.69, 9.17) is 0 Å². The van der Waals surface area contributed by atoms with Gasteiger partial charge in [0, 0.05) is 27.1 Å². The van der Waals surface area contributed by atoms with Crippen molar-refractivity contribution in [3.8, 4) is 0 Å². The van der Waals surface area contributed by atoms with Crippen LogP contribution in [0.1, 0.15) is 12.8 Å². The fourth-order valence-electron chi connectivity index (χ4n) is 0.885. The number of hydrogen-bond acceptors (Lipinski definition) is 2. The van der Waals surface area contributed by atoms with E-state index in [1.165, 1.54) is 6.08 Å². The van der Waals surface area contributed by atoms with Gasteiger partial charge in [-0.15, -0.1) is 0 Å². The molecule has 1 aliphatic rings. The van der Waals surface area contributed by atoms with Crippen molar-refractivity contribution in [2.24, 2.45) is 0 Å². The minimum Gasteiger partial charge on any atom is -0.356 e. The molecule has 0 aliphatic carbocycles. The van der Waals surface area contributed by atoms with Crippen LogP contribution in [-0.4, -0.2) is 37.4 Å². The Morgan fingerprint density at radius 1 is 1.69 bits per heavy atom. The first-order chi connectivity index (χ1) is 6.11. The van der Waals surface area contributed by atoms with Crippen molar-refractivity contribution in [1.82, 2.24) is 10.2 Å². The van der Waals surface area contributed by atoms with Gasteiger partial charge in [0.25, 0.3) is 0 Å². The standard InChI is InChI=1S/C5H9NO.C4H7NO/c1-6-4-2-3-5(6)7;1-3-4(6)5-2/h2-4H2,1H3;3H,1H2,2H3,(H,5,6). The number of rotatable bonds is 1. The summed E-state index contributed by atoms with van der Waals surface area (Å²) in [5.74, 6) is 0.148. The van der Waals surface area contributed by atoms with Crippen molar-refractivity contribution in [1.29, 1.82) is 0 Å². The second kappa shape index (κ2) is 6.22. The molecular weight excluding hydrogens is 168 g/mol. The summed E-state index contributed by atoms with van der Waals surface area (Å²) in [5.41, 5.74) is 0. The van der Waals surface area contributed by atoms with Gasteiger partial charge in [0.1, 0.15) is 0 Å². The van der Waals surface area contributed by atoms with Gasteiger partial charge in [-0.05, 0) is 12.5 Å². The van der Waals surface area contributed by atoms with Crippen LogP contribution >= 0.6 is 0 Å². The number of likely N-dealkylation sites (N-methyl/N-ethyl adjacent to an activating group) is 1. The lowest BCUT2D eigenvalue weighted by Crippen LogP contribution is -2.17. The van der Waals surface area contributed by atoms with Crippen LogP contribution in [0.3, 0.4) is 0 Å². The van der Waals surface area contributed by atoms with Crippen molar-refractivity contribution < 1.29 is 9.59 Å². The summed E-state index contributed by atoms with van der Waals surface area (Å²) in [6.07, 6.45) is 3.03. The van der Waals surface area contributed by atoms with Gasteiger partial charge in [-0.1, -0.05) is 6.58 Å². The molecule has 0 unspecified atom stereocenters. The maximum absolute atomic E-state index is 10.5. The van der Waals surface area contributed by atoms with Crippen LogP contribution in [0, 0.1) is 0 Å². The van der Waals surface area contributed by atoms with Gasteiger partial charge in [-0.3, -0.25) is 9.59 Å². The van der Waals surface area contributed by atoms with Crippen LogP contribution in [0.2, 0.25) is 0 Å². The number of carbonyl (C=O) groups is 2. The zero-order valence-corrected chi connectivity index (χ0v) is 8.17. The summed E-state index contributed by atoms with van der Waals surface area (Å²) in [4.78, 5) is 22.2. The van der Waals surface area contributed by atoms with Crippen molar-refractivity contribution in [2.45, 2.75) is 12.8 Å². The monoisotopic (exact) mass is 184 g/mol. The molecule has 1 saturated heterocycles. The first kappa shape index (κ1) is 11.7. The maximum Gasteiger partial charge on any atom is 0.243 e. The van der Waals surface area contributed by atoms with E-state index in [1.807, 2.05) is 7.05 Å². The molecule has 4 heteroatoms. The predicted octanol–water partition coefficient (Wildman–Crippen LogP) is 0.157. The fourth-order valence-corrected chi connectivity index (χ4v) is 0.885. The van der Waals surface area contributed by atoms with Crippen molar-refractivity contribution in [2.75, 3.05) is 20.6 Å². The van der Waals surface area contributed by atoms with Crippen LogP contribution in [-0.2, 0) is 9.59 Å². The number of amides is 2. The normalized spacial score (nSPS) is 14.6. The highest BCUT2D eigenvalue weighted by Crippen LogP contribution is 2.04. The molecule has 0 atom stereocenters. The van der Waals surface area contributed by atoms with E-state index in [9.17, 15) is 9.59 Å². The van der Waals surface area contributed by atoms with E-state index in [0.29, 0.717) is 5.91 Å². The molecule has 1 rings (SSSR count). The molecular formula is C9H16N2O2. The summed E-state index contributed by atoms with van der Waals surface area (Å²) in [6, 6.07) is 0. The fraction of sp³-hybridized carbons (Fsp3) is 0.556. The molecule has 1 heterocycles. The van der Waals surface area contributed by atoms with Crippen LogP contribution in [0.4, 0.5) is 0 Å². The molecule has 0 bridgehead atoms. The number of nitrogens with zero attached hydrogens (tertiary/aromatic N) is 1. The average molecular weight is 184 g/mol. The lowest BCUT2D eigenvalue weighted by molar-refractivity contribution is -0.126. The zero-order valence-electron chi connectivity index (χ0n) is 8.17. The molecule has 0 aromatic heterocycles. The molecule has 0 saturated carbocycles. The van der Waals surface area contributed by atoms with Gasteiger partial charge in [0.15, 0.2) is 0 Å². The van der Waals surface area contributed by atoms with Crippen molar-refractivity contribution >= 4 is 11.8 Å². The van der Waals surface area contributed by atoms with Gasteiger partial charge in [0.05, 0.1) is 0 Å². The van der Waals surface area contributed by atoms with Crippen molar-refractivity contribution in [3.05, 3.63) is 12.7 Å². The summed E-state index contributed by atoms with van der Waals surface area (Å²) in [6.45, 7) is 4.18. The Labute approximate surface area is 78.6 Å². The Kier molecular flexibility index (Phi) is 5.59. The van der Waals surface area contributed by atoms with Gasteiger partial charge < -0.3 is 10.2 Å². The maximum atomic E-state index is 10.5. The highest BCUT2D eigenvalue weighted by atomic mass is 16.2. The minimum atomic E-state index is -0.144. The van der Waals surface area contributed by atoms with Crippen LogP contribution in [0.25, 0.3) is 0 Å². The third-order valence-electron chi connectivity index (χ3n) is 1.74. The second-order valence-electron chi connectivity index (χ2n) is 2.74. The summed E-state index contributed by atoms with van der Waals surface area (Å²) < 4.78 is 0. The number of carbonyl (C=O) groups excluding carboxylic acids is 2. The Balaban J connectivity index is 0.000000226. The van der Waals surface area contributed by atoms with Gasteiger partial charge in [-0.25, -0.2) is 0 Å². The summed E-state index contributed by atoms with van der Waals surface area (Å²) >= 11 is 0. The van der Waals surface area contributed by atoms with E-state index < -0.39 is 0 Å². The second-order valence-corrected chi connectivity index (χ2v) is 2.74. The van der Waals surface area contributed by atoms with E-state index in [0.717, 1.165) is 19.4 Å². The molecule has 0 radical (unpaired) electrons. The molecule has 1 fully saturated rings. The van der Waals surface area contributed by atoms with Crippen LogP contribution in [0.5, 0.6) is 0 Å². The molecule has 0 aromatic carbocycles. The topological polar surface area (TPSA) is 49.4 Å². The highest BCUT2D eigenvalue weighted by molar-refractivity contribution is 5.86. The van der Waals surface area contributed by atoms with Gasteiger partial charge >= 0.3 is 0 Å². The molecule has 1 N–H and O–H groups in total. The Bertz CT molecular complexity index is 202. The molecule has 2 amide bonds. The summed E-state index contributed by atoms with van der Waals surface area (Å²) in [5, 5.41) is 2.36. The van der Waals surface area contributed by atoms with E-state index in [2.05, 4.69) is 11.9 Å². The quantitative estimate of drug-likeness (QED) is 0.590. The molecule has 4 nitrogen and oxygen atoms in total. The van der Waals surface area contributed by atoms with Crippen LogP contribution < -0.4 is 5.32 Å². The Hall–Kier alpha value is -1.32. The molecule has 74 valence electrons. The third kappa shape index (κ3) is 5.00. The summed E-state index contributed by atoms with van der Waals surface area (Å²) in [7, 11) is 3.40. The average Bonchev–Trinajstić information content (AvgIpc) is 2.51. The molecule has 0 spiro atoms. The van der Waals surface area contributed by atoms with Gasteiger partial charge in [0.2, 0.25) is 11.8 Å². The largest absolute Gasteiger partial charge is 0.356 e. The predicted molar refractivity (Wildman–Crippen MR) is 51.1 cm³/mol. The van der Waals surface area contributed by atoms with Crippen LogP contribution in [0.15, 0.2) is 12.7 Å². The van der Waals surface area contributed by atoms with Crippen molar-refractivity contribution in [3.63, 3.8) is 0 Å². The molecule has 0 aromatic rings. The number of hydrogen-bond donors (Lipinski definition) is 1. The highest BCUT2D eigenvalue weighted by Gasteiger charge is 2.14. The van der Waals surface area contributed by atoms with E-state index >= 15 is 0 Å². The SMILES string of the molecule is C=CC(=O)NC.CN1CCCC1=O. The lowest BCUT2D eigenvalue weighted by Gasteiger charge is -2.03. The Morgan fingerprint density at radius 3 is 2.38 bits per heavy atom. The first-order valence-corrected chi connectivity index (χ1v) is 4.20. The lowest BCUT2D eigenvalue weighted by atomic mass is 10.4. The number of likely N-dealkylation sites (tertiary alicyclic amines) is 1. The molecule has 13 heavy (non-hydrogen) atoms. The minimum absolute atomic E-state index is 0.144. The number of nitrogens with one attached hydrogen (secondary N) is 1. The first-order valence-electron chi connectivity index (χ1n) is 4.20. The smallest absolute Gasteiger partial charge is 0.243 e.